The molecule has 1 fully saturated rings. The van der Waals surface area contributed by atoms with Crippen molar-refractivity contribution in [2.24, 2.45) is 0 Å². The molecule has 0 saturated carbocycles. The highest BCUT2D eigenvalue weighted by molar-refractivity contribution is 7.89. The minimum atomic E-state index is -3.50. The van der Waals surface area contributed by atoms with Crippen LogP contribution in [0.2, 0.25) is 5.02 Å². The van der Waals surface area contributed by atoms with Crippen molar-refractivity contribution < 1.29 is 13.2 Å². The summed E-state index contributed by atoms with van der Waals surface area (Å²) >= 11 is 6.19. The Morgan fingerprint density at radius 1 is 1.38 bits per heavy atom. The second kappa shape index (κ2) is 5.43. The topological polar surface area (TPSA) is 58.6 Å². The molecule has 2 atom stereocenters. The lowest BCUT2D eigenvalue weighted by molar-refractivity contribution is 0.255. The van der Waals surface area contributed by atoms with Gasteiger partial charge in [-0.1, -0.05) is 11.6 Å². The molecule has 0 aliphatic carbocycles. The van der Waals surface area contributed by atoms with E-state index in [0.29, 0.717) is 36.8 Å². The molecule has 2 aliphatic heterocycles. The summed E-state index contributed by atoms with van der Waals surface area (Å²) in [5, 5.41) is 3.62. The molecular weight excluding hydrogens is 312 g/mol. The monoisotopic (exact) mass is 330 g/mol. The number of fused-ring (bicyclic) bond motifs is 1. The number of piperazine rings is 1. The average Bonchev–Trinajstić information content (AvgIpc) is 2.80. The fourth-order valence-corrected chi connectivity index (χ4v) is 4.83. The Bertz CT molecular complexity index is 662. The van der Waals surface area contributed by atoms with Crippen LogP contribution in [0.4, 0.5) is 0 Å². The highest BCUT2D eigenvalue weighted by Crippen LogP contribution is 2.38. The van der Waals surface area contributed by atoms with Crippen molar-refractivity contribution in [2.45, 2.75) is 37.3 Å². The third-order valence-electron chi connectivity index (χ3n) is 3.89. The van der Waals surface area contributed by atoms with E-state index in [1.165, 1.54) is 10.4 Å². The zero-order valence-electron chi connectivity index (χ0n) is 12.1. The lowest BCUT2D eigenvalue weighted by Gasteiger charge is -2.31. The van der Waals surface area contributed by atoms with Gasteiger partial charge in [-0.15, -0.1) is 0 Å². The molecule has 21 heavy (non-hydrogen) atoms. The van der Waals surface area contributed by atoms with Crippen LogP contribution in [0.1, 0.15) is 19.4 Å². The van der Waals surface area contributed by atoms with Crippen molar-refractivity contribution in [2.75, 3.05) is 19.6 Å². The standard InChI is InChI=1S/C14H19ClN2O3S/c1-9-8-17(4-3-16-9)21(18,19)12-6-11-5-10(2)20-14(11)13(15)7-12/h6-7,9-10,16H,3-5,8H2,1-2H3. The molecule has 3 rings (SSSR count). The Labute approximate surface area is 130 Å². The number of hydrogen-bond donors (Lipinski definition) is 1. The second-order valence-electron chi connectivity index (χ2n) is 5.74. The molecule has 2 unspecified atom stereocenters. The summed E-state index contributed by atoms with van der Waals surface area (Å²) in [4.78, 5) is 0.262. The van der Waals surface area contributed by atoms with Gasteiger partial charge in [-0.3, -0.25) is 0 Å². The van der Waals surface area contributed by atoms with Gasteiger partial charge in [0.2, 0.25) is 10.0 Å². The molecule has 5 nitrogen and oxygen atoms in total. The van der Waals surface area contributed by atoms with Crippen LogP contribution in [-0.2, 0) is 16.4 Å². The van der Waals surface area contributed by atoms with E-state index in [0.717, 1.165) is 5.56 Å². The lowest BCUT2D eigenvalue weighted by atomic mass is 10.1. The Morgan fingerprint density at radius 3 is 2.86 bits per heavy atom. The maximum atomic E-state index is 12.8. The molecule has 116 valence electrons. The van der Waals surface area contributed by atoms with E-state index >= 15 is 0 Å². The zero-order valence-corrected chi connectivity index (χ0v) is 13.7. The van der Waals surface area contributed by atoms with Gasteiger partial charge < -0.3 is 10.1 Å². The number of nitrogens with one attached hydrogen (secondary N) is 1. The van der Waals surface area contributed by atoms with Crippen LogP contribution in [0.3, 0.4) is 0 Å². The van der Waals surface area contributed by atoms with E-state index in [1.54, 1.807) is 6.07 Å². The van der Waals surface area contributed by atoms with Crippen LogP contribution in [0.15, 0.2) is 17.0 Å². The van der Waals surface area contributed by atoms with E-state index in [4.69, 9.17) is 16.3 Å². The SMILES string of the molecule is CC1CN(S(=O)(=O)c2cc(Cl)c3c(c2)CC(C)O3)CCN1. The highest BCUT2D eigenvalue weighted by atomic mass is 35.5. The fourth-order valence-electron chi connectivity index (χ4n) is 2.87. The summed E-state index contributed by atoms with van der Waals surface area (Å²) < 4.78 is 32.7. The van der Waals surface area contributed by atoms with Crippen LogP contribution in [0.25, 0.3) is 0 Å². The summed E-state index contributed by atoms with van der Waals surface area (Å²) in [6.07, 6.45) is 0.728. The summed E-state index contributed by atoms with van der Waals surface area (Å²) in [6, 6.07) is 3.36. The van der Waals surface area contributed by atoms with Crippen LogP contribution < -0.4 is 10.1 Å². The molecule has 0 spiro atoms. The Hall–Kier alpha value is -0.820. The number of halogens is 1. The predicted molar refractivity (Wildman–Crippen MR) is 81.5 cm³/mol. The molecule has 0 radical (unpaired) electrons. The van der Waals surface area contributed by atoms with Crippen LogP contribution in [-0.4, -0.2) is 44.5 Å². The molecule has 0 bridgehead atoms. The highest BCUT2D eigenvalue weighted by Gasteiger charge is 2.31. The van der Waals surface area contributed by atoms with E-state index < -0.39 is 10.0 Å². The van der Waals surface area contributed by atoms with Gasteiger partial charge in [0.05, 0.1) is 9.92 Å². The summed E-state index contributed by atoms with van der Waals surface area (Å²) in [5.41, 5.74) is 0.872. The summed E-state index contributed by atoms with van der Waals surface area (Å²) in [6.45, 7) is 5.55. The van der Waals surface area contributed by atoms with E-state index in [9.17, 15) is 8.42 Å². The number of benzene rings is 1. The summed E-state index contributed by atoms with van der Waals surface area (Å²) in [5.74, 6) is 0.622. The van der Waals surface area contributed by atoms with Crippen molar-refractivity contribution in [3.8, 4) is 5.75 Å². The number of hydrogen-bond acceptors (Lipinski definition) is 4. The molecule has 2 aliphatic rings. The summed E-state index contributed by atoms with van der Waals surface area (Å²) in [7, 11) is -3.50. The van der Waals surface area contributed by atoms with Crippen molar-refractivity contribution in [1.82, 2.24) is 9.62 Å². The van der Waals surface area contributed by atoms with E-state index in [2.05, 4.69) is 5.32 Å². The second-order valence-corrected chi connectivity index (χ2v) is 8.09. The fraction of sp³-hybridized carbons (Fsp3) is 0.571. The number of rotatable bonds is 2. The molecule has 1 saturated heterocycles. The minimum Gasteiger partial charge on any atom is -0.489 e. The first-order valence-electron chi connectivity index (χ1n) is 7.10. The third kappa shape index (κ3) is 2.77. The largest absolute Gasteiger partial charge is 0.489 e. The first-order valence-corrected chi connectivity index (χ1v) is 8.92. The average molecular weight is 331 g/mol. The normalized spacial score (nSPS) is 26.4. The van der Waals surface area contributed by atoms with Crippen LogP contribution >= 0.6 is 11.6 Å². The molecule has 2 heterocycles. The van der Waals surface area contributed by atoms with Gasteiger partial charge in [0.25, 0.3) is 0 Å². The van der Waals surface area contributed by atoms with Gasteiger partial charge in [-0.05, 0) is 26.0 Å². The smallest absolute Gasteiger partial charge is 0.243 e. The zero-order chi connectivity index (χ0) is 15.2. The number of nitrogens with zero attached hydrogens (tertiary/aromatic N) is 1. The Balaban J connectivity index is 1.97. The van der Waals surface area contributed by atoms with E-state index in [-0.39, 0.29) is 17.0 Å². The van der Waals surface area contributed by atoms with Gasteiger partial charge in [-0.2, -0.15) is 4.31 Å². The molecule has 0 amide bonds. The van der Waals surface area contributed by atoms with Gasteiger partial charge in [-0.25, -0.2) is 8.42 Å². The maximum absolute atomic E-state index is 12.8. The van der Waals surface area contributed by atoms with E-state index in [1.807, 2.05) is 13.8 Å². The molecule has 0 aromatic heterocycles. The predicted octanol–water partition coefficient (Wildman–Crippen LogP) is 1.65. The van der Waals surface area contributed by atoms with Gasteiger partial charge in [0, 0.05) is 37.7 Å². The van der Waals surface area contributed by atoms with Gasteiger partial charge in [0.15, 0.2) is 0 Å². The van der Waals surface area contributed by atoms with Crippen molar-refractivity contribution >= 4 is 21.6 Å². The van der Waals surface area contributed by atoms with Crippen molar-refractivity contribution in [1.29, 1.82) is 0 Å². The maximum Gasteiger partial charge on any atom is 0.243 e. The first-order chi connectivity index (χ1) is 9.88. The third-order valence-corrected chi connectivity index (χ3v) is 6.01. The lowest BCUT2D eigenvalue weighted by Crippen LogP contribution is -2.51. The molecule has 7 heteroatoms. The first kappa shape index (κ1) is 15.1. The van der Waals surface area contributed by atoms with Gasteiger partial charge >= 0.3 is 0 Å². The van der Waals surface area contributed by atoms with Crippen LogP contribution in [0.5, 0.6) is 5.75 Å². The Kier molecular flexibility index (Phi) is 3.90. The van der Waals surface area contributed by atoms with Crippen molar-refractivity contribution in [3.63, 3.8) is 0 Å². The van der Waals surface area contributed by atoms with Crippen LogP contribution in [0, 0.1) is 0 Å². The quantitative estimate of drug-likeness (QED) is 0.895. The van der Waals surface area contributed by atoms with Gasteiger partial charge in [0.1, 0.15) is 11.9 Å². The molecule has 1 aromatic carbocycles. The molecular formula is C14H19ClN2O3S. The molecule has 1 N–H and O–H groups in total. The number of ether oxygens (including phenoxy) is 1. The molecule has 1 aromatic rings. The minimum absolute atomic E-state index is 0.0367. The number of sulfonamides is 1. The van der Waals surface area contributed by atoms with Crippen molar-refractivity contribution in [3.05, 3.63) is 22.7 Å². The Morgan fingerprint density at radius 2 is 2.14 bits per heavy atom.